The molecule has 1 aromatic rings. The molecule has 102 valence electrons. The Hall–Kier alpha value is -1.63. The summed E-state index contributed by atoms with van der Waals surface area (Å²) in [5.41, 5.74) is 0. The van der Waals surface area contributed by atoms with Crippen molar-refractivity contribution >= 4 is 11.9 Å². The Balaban J connectivity index is 2.18. The fourth-order valence-electron chi connectivity index (χ4n) is 1.24. The van der Waals surface area contributed by atoms with Crippen LogP contribution >= 0.6 is 0 Å². The maximum atomic E-state index is 11.4. The van der Waals surface area contributed by atoms with Crippen LogP contribution in [0.3, 0.4) is 0 Å². The van der Waals surface area contributed by atoms with Crippen LogP contribution in [0.25, 0.3) is 0 Å². The van der Waals surface area contributed by atoms with Crippen molar-refractivity contribution in [1.29, 1.82) is 0 Å². The second-order valence-electron chi connectivity index (χ2n) is 4.41. The molecule has 7 heteroatoms. The Kier molecular flexibility index (Phi) is 6.13. The van der Waals surface area contributed by atoms with Crippen LogP contribution in [0.4, 0.5) is 6.01 Å². The first-order valence-corrected chi connectivity index (χ1v) is 6.09. The largest absolute Gasteiger partial charge is 0.407 e. The van der Waals surface area contributed by atoms with Crippen LogP contribution < -0.4 is 16.0 Å². The molecule has 7 nitrogen and oxygen atoms in total. The predicted octanol–water partition coefficient (Wildman–Crippen LogP) is 0.363. The summed E-state index contributed by atoms with van der Waals surface area (Å²) in [6.07, 6.45) is 0.385. The van der Waals surface area contributed by atoms with E-state index in [9.17, 15) is 4.79 Å². The standard InChI is InChI=1S/C11H21N5O2/c1-8(2)6-14-9(17)4-5-13-11-16-15-10(18-11)7-12-3/h8,12H,4-7H2,1-3H3,(H,13,16)(H,14,17). The fraction of sp³-hybridized carbons (Fsp3) is 0.727. The average molecular weight is 255 g/mol. The molecule has 1 aromatic heterocycles. The SMILES string of the molecule is CNCc1nnc(NCCC(=O)NCC(C)C)o1. The minimum absolute atomic E-state index is 0.0196. The van der Waals surface area contributed by atoms with Gasteiger partial charge in [0.15, 0.2) is 0 Å². The van der Waals surface area contributed by atoms with Crippen molar-refractivity contribution in [2.24, 2.45) is 5.92 Å². The van der Waals surface area contributed by atoms with Crippen LogP contribution in [0.15, 0.2) is 4.42 Å². The second-order valence-corrected chi connectivity index (χ2v) is 4.41. The van der Waals surface area contributed by atoms with E-state index in [1.54, 1.807) is 7.05 Å². The molecular weight excluding hydrogens is 234 g/mol. The maximum absolute atomic E-state index is 11.4. The third kappa shape index (κ3) is 5.62. The predicted molar refractivity (Wildman–Crippen MR) is 68.0 cm³/mol. The van der Waals surface area contributed by atoms with Crippen LogP contribution in [0.5, 0.6) is 0 Å². The first-order chi connectivity index (χ1) is 8.61. The highest BCUT2D eigenvalue weighted by molar-refractivity contribution is 5.76. The van der Waals surface area contributed by atoms with E-state index in [0.717, 1.165) is 0 Å². The Morgan fingerprint density at radius 2 is 2.17 bits per heavy atom. The molecule has 0 aliphatic rings. The van der Waals surface area contributed by atoms with Crippen molar-refractivity contribution < 1.29 is 9.21 Å². The molecule has 0 aliphatic heterocycles. The lowest BCUT2D eigenvalue weighted by Crippen LogP contribution is -2.28. The van der Waals surface area contributed by atoms with Crippen molar-refractivity contribution in [3.8, 4) is 0 Å². The number of nitrogens with one attached hydrogen (secondary N) is 3. The van der Waals surface area contributed by atoms with E-state index < -0.39 is 0 Å². The van der Waals surface area contributed by atoms with E-state index in [1.165, 1.54) is 0 Å². The molecule has 0 saturated carbocycles. The highest BCUT2D eigenvalue weighted by Gasteiger charge is 2.06. The Morgan fingerprint density at radius 1 is 1.39 bits per heavy atom. The van der Waals surface area contributed by atoms with Gasteiger partial charge >= 0.3 is 6.01 Å². The number of hydrogen-bond acceptors (Lipinski definition) is 6. The molecule has 1 rings (SSSR count). The molecule has 0 fully saturated rings. The zero-order valence-electron chi connectivity index (χ0n) is 11.1. The zero-order chi connectivity index (χ0) is 13.4. The van der Waals surface area contributed by atoms with Gasteiger partial charge in [-0.3, -0.25) is 4.79 Å². The normalized spacial score (nSPS) is 10.7. The van der Waals surface area contributed by atoms with Crippen molar-refractivity contribution in [3.63, 3.8) is 0 Å². The number of amides is 1. The van der Waals surface area contributed by atoms with Crippen molar-refractivity contribution in [2.45, 2.75) is 26.8 Å². The number of aromatic nitrogens is 2. The Labute approximate surface area is 107 Å². The summed E-state index contributed by atoms with van der Waals surface area (Å²) in [5, 5.41) is 16.3. The molecule has 3 N–H and O–H groups in total. The van der Waals surface area contributed by atoms with Gasteiger partial charge in [-0.2, -0.15) is 0 Å². The van der Waals surface area contributed by atoms with Gasteiger partial charge in [-0.15, -0.1) is 5.10 Å². The van der Waals surface area contributed by atoms with Crippen molar-refractivity contribution in [3.05, 3.63) is 5.89 Å². The Morgan fingerprint density at radius 3 is 2.83 bits per heavy atom. The molecule has 0 aliphatic carbocycles. The molecule has 1 heterocycles. The van der Waals surface area contributed by atoms with Gasteiger partial charge in [-0.25, -0.2) is 0 Å². The molecule has 0 spiro atoms. The van der Waals surface area contributed by atoms with E-state index >= 15 is 0 Å². The lowest BCUT2D eigenvalue weighted by molar-refractivity contribution is -0.120. The summed E-state index contributed by atoms with van der Waals surface area (Å²) in [6.45, 7) is 5.82. The highest BCUT2D eigenvalue weighted by atomic mass is 16.4. The third-order valence-corrected chi connectivity index (χ3v) is 2.13. The molecule has 18 heavy (non-hydrogen) atoms. The topological polar surface area (TPSA) is 92.1 Å². The smallest absolute Gasteiger partial charge is 0.315 e. The van der Waals surface area contributed by atoms with Gasteiger partial charge in [0.05, 0.1) is 6.54 Å². The average Bonchev–Trinajstić information content (AvgIpc) is 2.75. The van der Waals surface area contributed by atoms with Gasteiger partial charge < -0.3 is 20.4 Å². The maximum Gasteiger partial charge on any atom is 0.315 e. The Bertz CT molecular complexity index is 364. The summed E-state index contributed by atoms with van der Waals surface area (Å²) in [7, 11) is 1.80. The first kappa shape index (κ1) is 14.4. The zero-order valence-corrected chi connectivity index (χ0v) is 11.1. The van der Waals surface area contributed by atoms with E-state index in [0.29, 0.717) is 43.9 Å². The summed E-state index contributed by atoms with van der Waals surface area (Å²) in [5.74, 6) is 0.998. The van der Waals surface area contributed by atoms with Crippen LogP contribution in [0, 0.1) is 5.92 Å². The van der Waals surface area contributed by atoms with Crippen LogP contribution in [-0.4, -0.2) is 36.2 Å². The minimum atomic E-state index is 0.0196. The molecule has 0 radical (unpaired) electrons. The number of rotatable bonds is 8. The fourth-order valence-corrected chi connectivity index (χ4v) is 1.24. The van der Waals surface area contributed by atoms with Crippen molar-refractivity contribution in [1.82, 2.24) is 20.8 Å². The lowest BCUT2D eigenvalue weighted by Gasteiger charge is -2.07. The summed E-state index contributed by atoms with van der Waals surface area (Å²) < 4.78 is 5.28. The van der Waals surface area contributed by atoms with E-state index in [1.807, 2.05) is 0 Å². The first-order valence-electron chi connectivity index (χ1n) is 6.09. The quantitative estimate of drug-likeness (QED) is 0.621. The number of carbonyl (C=O) groups excluding carboxylic acids is 1. The number of anilines is 1. The van der Waals surface area contributed by atoms with Crippen molar-refractivity contribution in [2.75, 3.05) is 25.5 Å². The van der Waals surface area contributed by atoms with Gasteiger partial charge in [0.1, 0.15) is 0 Å². The second kappa shape index (κ2) is 7.65. The van der Waals surface area contributed by atoms with E-state index in [-0.39, 0.29) is 5.91 Å². The summed E-state index contributed by atoms with van der Waals surface area (Å²) >= 11 is 0. The number of carbonyl (C=O) groups is 1. The van der Waals surface area contributed by atoms with E-state index in [4.69, 9.17) is 4.42 Å². The van der Waals surface area contributed by atoms with Gasteiger partial charge in [0.25, 0.3) is 0 Å². The highest BCUT2D eigenvalue weighted by Crippen LogP contribution is 2.04. The van der Waals surface area contributed by atoms with E-state index in [2.05, 4.69) is 40.0 Å². The minimum Gasteiger partial charge on any atom is -0.407 e. The summed E-state index contributed by atoms with van der Waals surface area (Å²) in [6, 6.07) is 0.344. The molecular formula is C11H21N5O2. The molecule has 0 saturated heterocycles. The number of nitrogens with zero attached hydrogens (tertiary/aromatic N) is 2. The lowest BCUT2D eigenvalue weighted by atomic mass is 10.2. The van der Waals surface area contributed by atoms with Gasteiger partial charge in [-0.1, -0.05) is 18.9 Å². The third-order valence-electron chi connectivity index (χ3n) is 2.13. The van der Waals surface area contributed by atoms with Crippen LogP contribution in [0.2, 0.25) is 0 Å². The molecule has 0 bridgehead atoms. The molecule has 1 amide bonds. The van der Waals surface area contributed by atoms with Gasteiger partial charge in [0, 0.05) is 19.5 Å². The van der Waals surface area contributed by atoms with Gasteiger partial charge in [-0.05, 0) is 13.0 Å². The molecule has 0 unspecified atom stereocenters. The number of hydrogen-bond donors (Lipinski definition) is 3. The van der Waals surface area contributed by atoms with Crippen LogP contribution in [-0.2, 0) is 11.3 Å². The van der Waals surface area contributed by atoms with Gasteiger partial charge in [0.2, 0.25) is 11.8 Å². The van der Waals surface area contributed by atoms with Crippen LogP contribution in [0.1, 0.15) is 26.2 Å². The molecule has 0 atom stereocenters. The monoisotopic (exact) mass is 255 g/mol. The molecule has 0 aromatic carbocycles. The summed E-state index contributed by atoms with van der Waals surface area (Å²) in [4.78, 5) is 11.4.